The molecule has 22 heavy (non-hydrogen) atoms. The molecule has 0 spiro atoms. The van der Waals surface area contributed by atoms with Crippen LogP contribution in [0, 0.1) is 11.6 Å². The molecule has 0 bridgehead atoms. The SMILES string of the molecule is C[C@H](N[C@@H](C)c1cccc(F)c1F)c1ccccc1N(C)C. The van der Waals surface area contributed by atoms with Gasteiger partial charge in [0, 0.05) is 37.4 Å². The summed E-state index contributed by atoms with van der Waals surface area (Å²) in [7, 11) is 3.97. The molecule has 2 atom stereocenters. The summed E-state index contributed by atoms with van der Waals surface area (Å²) in [5.74, 6) is -1.59. The summed E-state index contributed by atoms with van der Waals surface area (Å²) < 4.78 is 27.2. The van der Waals surface area contributed by atoms with Gasteiger partial charge in [-0.2, -0.15) is 0 Å². The zero-order valence-electron chi connectivity index (χ0n) is 13.4. The fraction of sp³-hybridized carbons (Fsp3) is 0.333. The number of halogens is 2. The van der Waals surface area contributed by atoms with E-state index in [-0.39, 0.29) is 12.1 Å². The molecule has 2 aromatic rings. The van der Waals surface area contributed by atoms with Crippen molar-refractivity contribution in [1.82, 2.24) is 5.32 Å². The Morgan fingerprint density at radius 2 is 1.45 bits per heavy atom. The topological polar surface area (TPSA) is 15.3 Å². The Balaban J connectivity index is 2.22. The summed E-state index contributed by atoms with van der Waals surface area (Å²) >= 11 is 0. The molecule has 1 N–H and O–H groups in total. The van der Waals surface area contributed by atoms with Crippen molar-refractivity contribution in [3.8, 4) is 0 Å². The van der Waals surface area contributed by atoms with Crippen LogP contribution in [0.15, 0.2) is 42.5 Å². The normalized spacial score (nSPS) is 13.7. The molecule has 4 heteroatoms. The van der Waals surface area contributed by atoms with Gasteiger partial charge >= 0.3 is 0 Å². The van der Waals surface area contributed by atoms with E-state index < -0.39 is 11.6 Å². The van der Waals surface area contributed by atoms with Gasteiger partial charge in [-0.25, -0.2) is 8.78 Å². The lowest BCUT2D eigenvalue weighted by molar-refractivity contribution is 0.449. The number of anilines is 1. The van der Waals surface area contributed by atoms with Crippen LogP contribution in [0.5, 0.6) is 0 Å². The summed E-state index contributed by atoms with van der Waals surface area (Å²) in [6.07, 6.45) is 0. The Labute approximate surface area is 130 Å². The summed E-state index contributed by atoms with van der Waals surface area (Å²) in [5.41, 5.74) is 2.57. The van der Waals surface area contributed by atoms with Crippen LogP contribution in [0.4, 0.5) is 14.5 Å². The molecule has 2 aromatic carbocycles. The quantitative estimate of drug-likeness (QED) is 0.878. The van der Waals surface area contributed by atoms with Gasteiger partial charge in [0.25, 0.3) is 0 Å². The lowest BCUT2D eigenvalue weighted by Crippen LogP contribution is -2.25. The lowest BCUT2D eigenvalue weighted by atomic mass is 10.0. The first-order chi connectivity index (χ1) is 10.4. The van der Waals surface area contributed by atoms with Crippen LogP contribution in [-0.2, 0) is 0 Å². The first kappa shape index (κ1) is 16.4. The fourth-order valence-corrected chi connectivity index (χ4v) is 2.67. The molecule has 0 unspecified atom stereocenters. The van der Waals surface area contributed by atoms with Crippen molar-refractivity contribution in [3.63, 3.8) is 0 Å². The second kappa shape index (κ2) is 6.88. The average molecular weight is 304 g/mol. The van der Waals surface area contributed by atoms with E-state index in [1.54, 1.807) is 6.07 Å². The van der Waals surface area contributed by atoms with Crippen molar-refractivity contribution in [3.05, 3.63) is 65.2 Å². The molecular weight excluding hydrogens is 282 g/mol. The maximum Gasteiger partial charge on any atom is 0.163 e. The van der Waals surface area contributed by atoms with Crippen molar-refractivity contribution in [2.45, 2.75) is 25.9 Å². The zero-order chi connectivity index (χ0) is 16.3. The molecule has 2 rings (SSSR count). The van der Waals surface area contributed by atoms with Gasteiger partial charge < -0.3 is 10.2 Å². The van der Waals surface area contributed by atoms with Gasteiger partial charge in [-0.3, -0.25) is 0 Å². The highest BCUT2D eigenvalue weighted by Gasteiger charge is 2.18. The molecule has 0 radical (unpaired) electrons. The van der Waals surface area contributed by atoms with Crippen LogP contribution in [0.1, 0.15) is 37.1 Å². The Hall–Kier alpha value is -1.94. The van der Waals surface area contributed by atoms with Gasteiger partial charge in [-0.15, -0.1) is 0 Å². The second-order valence-corrected chi connectivity index (χ2v) is 5.71. The molecule has 0 aliphatic heterocycles. The van der Waals surface area contributed by atoms with Crippen LogP contribution in [0.3, 0.4) is 0 Å². The fourth-order valence-electron chi connectivity index (χ4n) is 2.67. The number of hydrogen-bond donors (Lipinski definition) is 1. The molecule has 0 aromatic heterocycles. The molecule has 118 valence electrons. The van der Waals surface area contributed by atoms with E-state index in [0.717, 1.165) is 17.3 Å². The van der Waals surface area contributed by atoms with Crippen LogP contribution in [0.25, 0.3) is 0 Å². The van der Waals surface area contributed by atoms with Gasteiger partial charge in [-0.1, -0.05) is 30.3 Å². The van der Waals surface area contributed by atoms with Gasteiger partial charge in [-0.05, 0) is 31.5 Å². The van der Waals surface area contributed by atoms with Crippen LogP contribution in [0.2, 0.25) is 0 Å². The summed E-state index contributed by atoms with van der Waals surface area (Å²) in [4.78, 5) is 2.04. The first-order valence-corrected chi connectivity index (χ1v) is 7.38. The van der Waals surface area contributed by atoms with E-state index in [1.165, 1.54) is 6.07 Å². The molecule has 0 heterocycles. The van der Waals surface area contributed by atoms with Gasteiger partial charge in [0.1, 0.15) is 0 Å². The number of para-hydroxylation sites is 1. The molecular formula is C18H22F2N2. The molecule has 0 saturated carbocycles. The van der Waals surface area contributed by atoms with Crippen molar-refractivity contribution < 1.29 is 8.78 Å². The second-order valence-electron chi connectivity index (χ2n) is 5.71. The molecule has 0 amide bonds. The maximum atomic E-state index is 13.9. The molecule has 0 aliphatic carbocycles. The number of nitrogens with one attached hydrogen (secondary N) is 1. The number of hydrogen-bond acceptors (Lipinski definition) is 2. The summed E-state index contributed by atoms with van der Waals surface area (Å²) in [6, 6.07) is 12.1. The maximum absolute atomic E-state index is 13.9. The van der Waals surface area contributed by atoms with Crippen LogP contribution >= 0.6 is 0 Å². The Kier molecular flexibility index (Phi) is 5.14. The standard InChI is InChI=1S/C18H22F2N2/c1-12(14-8-5-6-11-17(14)22(3)4)21-13(2)15-9-7-10-16(19)18(15)20/h5-13,21H,1-4H3/t12-,13-/m0/s1. The zero-order valence-corrected chi connectivity index (χ0v) is 13.4. The minimum absolute atomic E-state index is 0.0104. The number of nitrogens with zero attached hydrogens (tertiary/aromatic N) is 1. The molecule has 0 aliphatic rings. The number of benzene rings is 2. The Morgan fingerprint density at radius 1 is 0.864 bits per heavy atom. The third-order valence-corrected chi connectivity index (χ3v) is 3.83. The lowest BCUT2D eigenvalue weighted by Gasteiger charge is -2.25. The largest absolute Gasteiger partial charge is 0.377 e. The van der Waals surface area contributed by atoms with Crippen LogP contribution in [-0.4, -0.2) is 14.1 Å². The van der Waals surface area contributed by atoms with E-state index in [4.69, 9.17) is 0 Å². The summed E-state index contributed by atoms with van der Waals surface area (Å²) in [6.45, 7) is 3.86. The monoisotopic (exact) mass is 304 g/mol. The van der Waals surface area contributed by atoms with Crippen molar-refractivity contribution >= 4 is 5.69 Å². The minimum Gasteiger partial charge on any atom is -0.377 e. The average Bonchev–Trinajstić information content (AvgIpc) is 2.49. The van der Waals surface area contributed by atoms with E-state index >= 15 is 0 Å². The third-order valence-electron chi connectivity index (χ3n) is 3.83. The molecule has 0 fully saturated rings. The van der Waals surface area contributed by atoms with Crippen molar-refractivity contribution in [2.75, 3.05) is 19.0 Å². The predicted molar refractivity (Wildman–Crippen MR) is 87.1 cm³/mol. The van der Waals surface area contributed by atoms with E-state index in [2.05, 4.69) is 5.32 Å². The molecule has 0 saturated heterocycles. The third kappa shape index (κ3) is 3.45. The van der Waals surface area contributed by atoms with Gasteiger partial charge in [0.2, 0.25) is 0 Å². The number of rotatable bonds is 5. The highest BCUT2D eigenvalue weighted by atomic mass is 19.2. The smallest absolute Gasteiger partial charge is 0.163 e. The Bertz CT molecular complexity index is 641. The Morgan fingerprint density at radius 3 is 2.14 bits per heavy atom. The van der Waals surface area contributed by atoms with Crippen molar-refractivity contribution in [1.29, 1.82) is 0 Å². The van der Waals surface area contributed by atoms with Gasteiger partial charge in [0.05, 0.1) is 0 Å². The van der Waals surface area contributed by atoms with E-state index in [0.29, 0.717) is 5.56 Å². The highest BCUT2D eigenvalue weighted by molar-refractivity contribution is 5.53. The van der Waals surface area contributed by atoms with Crippen LogP contribution < -0.4 is 10.2 Å². The van der Waals surface area contributed by atoms with Crippen molar-refractivity contribution in [2.24, 2.45) is 0 Å². The first-order valence-electron chi connectivity index (χ1n) is 7.38. The highest BCUT2D eigenvalue weighted by Crippen LogP contribution is 2.28. The van der Waals surface area contributed by atoms with E-state index in [1.807, 2.05) is 57.1 Å². The summed E-state index contributed by atoms with van der Waals surface area (Å²) in [5, 5.41) is 3.34. The van der Waals surface area contributed by atoms with E-state index in [9.17, 15) is 8.78 Å². The molecule has 2 nitrogen and oxygen atoms in total. The van der Waals surface area contributed by atoms with Gasteiger partial charge in [0.15, 0.2) is 11.6 Å². The minimum atomic E-state index is -0.813. The predicted octanol–water partition coefficient (Wildman–Crippen LogP) is 4.44.